The molecule has 3 N–H and O–H groups in total. The minimum Gasteiger partial charge on any atom is -0.497 e. The smallest absolute Gasteiger partial charge is 0.220 e. The fourth-order valence-corrected chi connectivity index (χ4v) is 2.45. The van der Waals surface area contributed by atoms with Crippen molar-refractivity contribution < 1.29 is 9.53 Å². The van der Waals surface area contributed by atoms with Crippen molar-refractivity contribution in [2.24, 2.45) is 0 Å². The maximum Gasteiger partial charge on any atom is 0.220 e. The number of carbonyl (C=O) groups is 1. The van der Waals surface area contributed by atoms with Crippen LogP contribution in [-0.2, 0) is 11.2 Å². The molecule has 0 bridgehead atoms. The van der Waals surface area contributed by atoms with Crippen LogP contribution in [0.25, 0.3) is 0 Å². The van der Waals surface area contributed by atoms with Crippen LogP contribution in [0.15, 0.2) is 48.5 Å². The van der Waals surface area contributed by atoms with Crippen molar-refractivity contribution in [1.82, 2.24) is 5.32 Å². The summed E-state index contributed by atoms with van der Waals surface area (Å²) in [6, 6.07) is 15.6. The normalized spacial score (nSPS) is 11.7. The van der Waals surface area contributed by atoms with Crippen LogP contribution in [-0.4, -0.2) is 19.6 Å². The van der Waals surface area contributed by atoms with Crippen molar-refractivity contribution in [1.29, 1.82) is 0 Å². The van der Waals surface area contributed by atoms with Crippen LogP contribution in [0.2, 0.25) is 0 Å². The summed E-state index contributed by atoms with van der Waals surface area (Å²) in [4.78, 5) is 12.1. The summed E-state index contributed by atoms with van der Waals surface area (Å²) >= 11 is 0. The quantitative estimate of drug-likeness (QED) is 0.772. The van der Waals surface area contributed by atoms with Gasteiger partial charge in [-0.2, -0.15) is 0 Å². The highest BCUT2D eigenvalue weighted by Crippen LogP contribution is 2.22. The highest BCUT2D eigenvalue weighted by atomic mass is 16.5. The number of amides is 1. The van der Waals surface area contributed by atoms with E-state index in [0.29, 0.717) is 13.0 Å². The molecule has 4 nitrogen and oxygen atoms in total. The fourth-order valence-electron chi connectivity index (χ4n) is 2.45. The summed E-state index contributed by atoms with van der Waals surface area (Å²) in [5.41, 5.74) is 8.69. The largest absolute Gasteiger partial charge is 0.497 e. The van der Waals surface area contributed by atoms with Gasteiger partial charge >= 0.3 is 0 Å². The van der Waals surface area contributed by atoms with Gasteiger partial charge in [0.1, 0.15) is 5.75 Å². The number of nitrogen functional groups attached to an aromatic ring is 1. The molecule has 0 fully saturated rings. The Hall–Kier alpha value is -2.49. The second-order valence-electron chi connectivity index (χ2n) is 5.72. The molecule has 0 aliphatic carbocycles. The van der Waals surface area contributed by atoms with E-state index in [1.54, 1.807) is 7.11 Å². The Labute approximate surface area is 137 Å². The fraction of sp³-hybridized carbons (Fsp3) is 0.316. The average Bonchev–Trinajstić information content (AvgIpc) is 2.56. The van der Waals surface area contributed by atoms with Crippen molar-refractivity contribution in [2.75, 3.05) is 19.4 Å². The van der Waals surface area contributed by atoms with E-state index in [9.17, 15) is 4.79 Å². The molecule has 2 aromatic carbocycles. The van der Waals surface area contributed by atoms with E-state index in [0.717, 1.165) is 23.4 Å². The van der Waals surface area contributed by atoms with Crippen LogP contribution in [0.3, 0.4) is 0 Å². The summed E-state index contributed by atoms with van der Waals surface area (Å²) in [5.74, 6) is 1.04. The predicted octanol–water partition coefficient (Wildman–Crippen LogP) is 3.13. The van der Waals surface area contributed by atoms with E-state index in [2.05, 4.69) is 5.32 Å². The minimum absolute atomic E-state index is 0.0655. The van der Waals surface area contributed by atoms with Gasteiger partial charge in [-0.1, -0.05) is 31.2 Å². The Kier molecular flexibility index (Phi) is 6.03. The molecule has 4 heteroatoms. The van der Waals surface area contributed by atoms with E-state index >= 15 is 0 Å². The van der Waals surface area contributed by atoms with Crippen molar-refractivity contribution in [2.45, 2.75) is 25.7 Å². The summed E-state index contributed by atoms with van der Waals surface area (Å²) in [5, 5.41) is 2.97. The molecular formula is C19H24N2O2. The first-order valence-corrected chi connectivity index (χ1v) is 7.83. The third kappa shape index (κ3) is 5.33. The van der Waals surface area contributed by atoms with Gasteiger partial charge in [-0.3, -0.25) is 4.79 Å². The standard InChI is InChI=1S/C19H24N2O2/c1-14(16-4-3-5-18(13-16)23-2)12-19(22)21-11-10-15-6-8-17(20)9-7-15/h3-9,13-14H,10-12,20H2,1-2H3,(H,21,22). The molecule has 0 heterocycles. The van der Waals surface area contributed by atoms with Crippen molar-refractivity contribution >= 4 is 11.6 Å². The number of ether oxygens (including phenoxy) is 1. The average molecular weight is 312 g/mol. The molecule has 0 aromatic heterocycles. The van der Waals surface area contributed by atoms with Gasteiger partial charge < -0.3 is 15.8 Å². The van der Waals surface area contributed by atoms with Gasteiger partial charge in [-0.05, 0) is 47.7 Å². The molecule has 0 aliphatic heterocycles. The molecular weight excluding hydrogens is 288 g/mol. The number of benzene rings is 2. The van der Waals surface area contributed by atoms with E-state index in [1.165, 1.54) is 5.56 Å². The number of nitrogens with two attached hydrogens (primary N) is 1. The number of rotatable bonds is 7. The molecule has 23 heavy (non-hydrogen) atoms. The Bertz CT molecular complexity index is 638. The lowest BCUT2D eigenvalue weighted by Gasteiger charge is -2.13. The van der Waals surface area contributed by atoms with Gasteiger partial charge in [0.15, 0.2) is 0 Å². The molecule has 0 radical (unpaired) electrons. The minimum atomic E-state index is 0.0655. The van der Waals surface area contributed by atoms with Crippen LogP contribution in [0, 0.1) is 0 Å². The number of carbonyl (C=O) groups excluding carboxylic acids is 1. The zero-order chi connectivity index (χ0) is 16.7. The Morgan fingerprint density at radius 3 is 2.65 bits per heavy atom. The van der Waals surface area contributed by atoms with E-state index in [1.807, 2.05) is 55.5 Å². The van der Waals surface area contributed by atoms with Gasteiger partial charge in [0.25, 0.3) is 0 Å². The molecule has 0 aliphatic rings. The molecule has 0 saturated heterocycles. The third-order valence-electron chi connectivity index (χ3n) is 3.87. The number of hydrogen-bond donors (Lipinski definition) is 2. The number of nitrogens with one attached hydrogen (secondary N) is 1. The van der Waals surface area contributed by atoms with Crippen molar-refractivity contribution in [3.63, 3.8) is 0 Å². The summed E-state index contributed by atoms with van der Waals surface area (Å²) in [7, 11) is 1.65. The van der Waals surface area contributed by atoms with E-state index in [4.69, 9.17) is 10.5 Å². The molecule has 0 saturated carbocycles. The molecule has 2 aromatic rings. The van der Waals surface area contributed by atoms with Crippen LogP contribution in [0.1, 0.15) is 30.4 Å². The second kappa shape index (κ2) is 8.22. The first kappa shape index (κ1) is 16.9. The summed E-state index contributed by atoms with van der Waals surface area (Å²) < 4.78 is 5.22. The maximum absolute atomic E-state index is 12.1. The molecule has 0 spiro atoms. The lowest BCUT2D eigenvalue weighted by Crippen LogP contribution is -2.26. The highest BCUT2D eigenvalue weighted by molar-refractivity contribution is 5.76. The van der Waals surface area contributed by atoms with Gasteiger partial charge in [0.2, 0.25) is 5.91 Å². The van der Waals surface area contributed by atoms with Gasteiger partial charge in [-0.15, -0.1) is 0 Å². The van der Waals surface area contributed by atoms with Gasteiger partial charge in [-0.25, -0.2) is 0 Å². The van der Waals surface area contributed by atoms with Crippen LogP contribution in [0.4, 0.5) is 5.69 Å². The van der Waals surface area contributed by atoms with Crippen molar-refractivity contribution in [3.8, 4) is 5.75 Å². The Balaban J connectivity index is 1.78. The number of hydrogen-bond acceptors (Lipinski definition) is 3. The van der Waals surface area contributed by atoms with E-state index in [-0.39, 0.29) is 11.8 Å². The third-order valence-corrected chi connectivity index (χ3v) is 3.87. The summed E-state index contributed by atoms with van der Waals surface area (Å²) in [6.07, 6.45) is 1.27. The summed E-state index contributed by atoms with van der Waals surface area (Å²) in [6.45, 7) is 2.68. The first-order chi connectivity index (χ1) is 11.1. The SMILES string of the molecule is COc1cccc(C(C)CC(=O)NCCc2ccc(N)cc2)c1. The first-order valence-electron chi connectivity index (χ1n) is 7.83. The second-order valence-corrected chi connectivity index (χ2v) is 5.72. The van der Waals surface area contributed by atoms with Gasteiger partial charge in [0.05, 0.1) is 7.11 Å². The number of anilines is 1. The van der Waals surface area contributed by atoms with Gasteiger partial charge in [0, 0.05) is 18.7 Å². The topological polar surface area (TPSA) is 64.3 Å². The highest BCUT2D eigenvalue weighted by Gasteiger charge is 2.11. The molecule has 1 atom stereocenters. The zero-order valence-corrected chi connectivity index (χ0v) is 13.7. The lowest BCUT2D eigenvalue weighted by molar-refractivity contribution is -0.121. The number of methoxy groups -OCH3 is 1. The predicted molar refractivity (Wildman–Crippen MR) is 93.6 cm³/mol. The molecule has 122 valence electrons. The Morgan fingerprint density at radius 2 is 1.96 bits per heavy atom. The van der Waals surface area contributed by atoms with Crippen LogP contribution < -0.4 is 15.8 Å². The zero-order valence-electron chi connectivity index (χ0n) is 13.7. The maximum atomic E-state index is 12.1. The Morgan fingerprint density at radius 1 is 1.22 bits per heavy atom. The van der Waals surface area contributed by atoms with Crippen molar-refractivity contribution in [3.05, 3.63) is 59.7 Å². The lowest BCUT2D eigenvalue weighted by atomic mass is 9.97. The molecule has 2 rings (SSSR count). The van der Waals surface area contributed by atoms with Crippen LogP contribution in [0.5, 0.6) is 5.75 Å². The van der Waals surface area contributed by atoms with E-state index < -0.39 is 0 Å². The van der Waals surface area contributed by atoms with Crippen LogP contribution >= 0.6 is 0 Å². The molecule has 1 amide bonds. The molecule has 1 unspecified atom stereocenters. The monoisotopic (exact) mass is 312 g/mol.